The first-order chi connectivity index (χ1) is 17.1. The van der Waals surface area contributed by atoms with E-state index >= 15 is 0 Å². The van der Waals surface area contributed by atoms with E-state index in [1.54, 1.807) is 36.4 Å². The third-order valence-electron chi connectivity index (χ3n) is 7.97. The van der Waals surface area contributed by atoms with Crippen LogP contribution in [0.5, 0.6) is 17.2 Å². The number of rotatable bonds is 6. The van der Waals surface area contributed by atoms with Crippen molar-refractivity contribution in [1.29, 1.82) is 0 Å². The lowest BCUT2D eigenvalue weighted by Gasteiger charge is -2.53. The zero-order chi connectivity index (χ0) is 23.9. The van der Waals surface area contributed by atoms with E-state index in [1.165, 1.54) is 0 Å². The Morgan fingerprint density at radius 2 is 1.51 bits per heavy atom. The molecule has 1 N–H and O–H groups in total. The highest BCUT2D eigenvalue weighted by Crippen LogP contribution is 2.48. The number of aliphatic hydroxyl groups is 1. The predicted molar refractivity (Wildman–Crippen MR) is 130 cm³/mol. The van der Waals surface area contributed by atoms with Crippen LogP contribution < -0.4 is 9.47 Å². The lowest BCUT2D eigenvalue weighted by molar-refractivity contribution is -0.984. The molecule has 0 saturated carbocycles. The van der Waals surface area contributed by atoms with Gasteiger partial charge in [0.1, 0.15) is 30.4 Å². The van der Waals surface area contributed by atoms with Gasteiger partial charge in [-0.25, -0.2) is 4.79 Å². The van der Waals surface area contributed by atoms with Gasteiger partial charge < -0.3 is 19.3 Å². The van der Waals surface area contributed by atoms with E-state index < -0.39 is 11.6 Å². The fraction of sp³-hybridized carbons (Fsp3) is 0.345. The number of hydrogen-bond acceptors (Lipinski definition) is 5. The van der Waals surface area contributed by atoms with Crippen LogP contribution in [-0.4, -0.2) is 48.0 Å². The molecule has 0 unspecified atom stereocenters. The summed E-state index contributed by atoms with van der Waals surface area (Å²) < 4.78 is 18.9. The van der Waals surface area contributed by atoms with E-state index in [9.17, 15) is 9.90 Å². The number of nitrogens with zero attached hydrogens (tertiary/aromatic N) is 1. The summed E-state index contributed by atoms with van der Waals surface area (Å²) in [5, 5.41) is 12.0. The van der Waals surface area contributed by atoms with Crippen molar-refractivity contribution in [3.05, 3.63) is 90.0 Å². The summed E-state index contributed by atoms with van der Waals surface area (Å²) >= 11 is 0. The molecule has 7 rings (SSSR count). The van der Waals surface area contributed by atoms with Gasteiger partial charge in [0.05, 0.1) is 13.1 Å². The molecule has 6 heteroatoms. The minimum Gasteiger partial charge on any atom is -0.488 e. The quantitative estimate of drug-likeness (QED) is 0.419. The van der Waals surface area contributed by atoms with E-state index in [0.29, 0.717) is 39.6 Å². The molecule has 4 aliphatic rings. The van der Waals surface area contributed by atoms with Gasteiger partial charge in [-0.05, 0) is 30.2 Å². The van der Waals surface area contributed by atoms with Crippen LogP contribution >= 0.6 is 0 Å². The molecular formula is C29H30NO5+. The van der Waals surface area contributed by atoms with Crippen molar-refractivity contribution in [3.63, 3.8) is 0 Å². The summed E-state index contributed by atoms with van der Waals surface area (Å²) in [7, 11) is 0. The van der Waals surface area contributed by atoms with Crippen LogP contribution in [0.2, 0.25) is 0 Å². The van der Waals surface area contributed by atoms with Crippen LogP contribution in [0.15, 0.2) is 78.9 Å². The van der Waals surface area contributed by atoms with E-state index in [0.717, 1.165) is 44.6 Å². The third-order valence-corrected chi connectivity index (χ3v) is 7.97. The Kier molecular flexibility index (Phi) is 5.50. The fourth-order valence-corrected chi connectivity index (χ4v) is 5.96. The fourth-order valence-electron chi connectivity index (χ4n) is 5.96. The molecule has 0 radical (unpaired) electrons. The number of ether oxygens (including phenoxy) is 3. The summed E-state index contributed by atoms with van der Waals surface area (Å²) in [6, 6.07) is 24.1. The second-order valence-corrected chi connectivity index (χ2v) is 9.89. The molecule has 4 aliphatic heterocycles. The molecule has 1 atom stereocenters. The first-order valence-electron chi connectivity index (χ1n) is 12.4. The standard InChI is InChI=1S/C29H30NO5/c31-28(29(32)23-10-4-6-12-25(23)34-26-13-7-5-11-24(26)29)35-27-20-21-14-16-30(27,17-15-21)18-19-33-22-8-2-1-3-9-22/h1-13,21,27,32H,14-20H2/q+1/t21?,27-,30?/m1/s1. The van der Waals surface area contributed by atoms with Gasteiger partial charge in [-0.3, -0.25) is 4.48 Å². The van der Waals surface area contributed by atoms with Gasteiger partial charge >= 0.3 is 5.97 Å². The van der Waals surface area contributed by atoms with Crippen LogP contribution in [0.3, 0.4) is 0 Å². The lowest BCUT2D eigenvalue weighted by Crippen LogP contribution is -2.66. The third kappa shape index (κ3) is 3.77. The van der Waals surface area contributed by atoms with Crippen LogP contribution in [-0.2, 0) is 15.1 Å². The van der Waals surface area contributed by atoms with Crippen molar-refractivity contribution < 1.29 is 28.6 Å². The summed E-state index contributed by atoms with van der Waals surface area (Å²) in [4.78, 5) is 13.9. The van der Waals surface area contributed by atoms with Crippen molar-refractivity contribution in [2.45, 2.75) is 31.1 Å². The van der Waals surface area contributed by atoms with Crippen molar-refractivity contribution in [2.75, 3.05) is 26.2 Å². The first kappa shape index (κ1) is 22.1. The molecule has 3 fully saturated rings. The SMILES string of the molecule is O=C(O[C@@H]1CC2CC[N+]1(CCOc1ccccc1)CC2)C1(O)c2ccccc2Oc2ccccc21. The number of para-hydroxylation sites is 3. The number of piperidine rings is 3. The van der Waals surface area contributed by atoms with Crippen molar-refractivity contribution >= 4 is 5.97 Å². The van der Waals surface area contributed by atoms with Crippen LogP contribution in [0.25, 0.3) is 0 Å². The Bertz CT molecular complexity index is 1170. The molecule has 3 saturated heterocycles. The number of hydrogen-bond donors (Lipinski definition) is 1. The van der Waals surface area contributed by atoms with Gasteiger partial charge in [-0.2, -0.15) is 0 Å². The Hall–Kier alpha value is -3.35. The second kappa shape index (κ2) is 8.70. The maximum Gasteiger partial charge on any atom is 0.352 e. The van der Waals surface area contributed by atoms with Crippen molar-refractivity contribution in [1.82, 2.24) is 0 Å². The number of quaternary nitrogens is 1. The van der Waals surface area contributed by atoms with Crippen LogP contribution in [0, 0.1) is 5.92 Å². The smallest absolute Gasteiger partial charge is 0.352 e. The normalized spacial score (nSPS) is 25.6. The second-order valence-electron chi connectivity index (χ2n) is 9.89. The van der Waals surface area contributed by atoms with E-state index in [4.69, 9.17) is 14.2 Å². The number of fused-ring (bicyclic) bond motifs is 5. The molecule has 3 aromatic carbocycles. The zero-order valence-electron chi connectivity index (χ0n) is 19.6. The summed E-state index contributed by atoms with van der Waals surface area (Å²) in [6.07, 6.45) is 2.76. The summed E-state index contributed by atoms with van der Waals surface area (Å²) in [6.45, 7) is 3.21. The van der Waals surface area contributed by atoms with Gasteiger partial charge in [0.2, 0.25) is 11.8 Å². The van der Waals surface area contributed by atoms with Gasteiger partial charge in [-0.15, -0.1) is 0 Å². The van der Waals surface area contributed by atoms with Gasteiger partial charge in [0.15, 0.2) is 0 Å². The van der Waals surface area contributed by atoms with Crippen LogP contribution in [0.4, 0.5) is 0 Å². The van der Waals surface area contributed by atoms with Gasteiger partial charge in [-0.1, -0.05) is 54.6 Å². The lowest BCUT2D eigenvalue weighted by atomic mass is 9.82. The molecule has 3 aromatic rings. The average molecular weight is 473 g/mol. The zero-order valence-corrected chi connectivity index (χ0v) is 19.6. The highest BCUT2D eigenvalue weighted by atomic mass is 16.6. The number of carbonyl (C=O) groups excluding carboxylic acids is 1. The molecular weight excluding hydrogens is 442 g/mol. The van der Waals surface area contributed by atoms with Gasteiger partial charge in [0.25, 0.3) is 0 Å². The molecule has 0 amide bonds. The molecule has 35 heavy (non-hydrogen) atoms. The maximum atomic E-state index is 13.9. The molecule has 0 spiro atoms. The Balaban J connectivity index is 1.27. The molecule has 180 valence electrons. The van der Waals surface area contributed by atoms with Gasteiger partial charge in [0, 0.05) is 30.4 Å². The van der Waals surface area contributed by atoms with Crippen LogP contribution in [0.1, 0.15) is 30.4 Å². The number of benzene rings is 3. The summed E-state index contributed by atoms with van der Waals surface area (Å²) in [5.74, 6) is 1.69. The topological polar surface area (TPSA) is 65.0 Å². The Labute approximate surface area is 205 Å². The first-order valence-corrected chi connectivity index (χ1v) is 12.4. The van der Waals surface area contributed by atoms with E-state index in [-0.39, 0.29) is 6.23 Å². The largest absolute Gasteiger partial charge is 0.488 e. The molecule has 0 aromatic heterocycles. The minimum atomic E-state index is -1.92. The number of esters is 1. The monoisotopic (exact) mass is 472 g/mol. The molecule has 0 aliphatic carbocycles. The van der Waals surface area contributed by atoms with Crippen molar-refractivity contribution in [2.24, 2.45) is 5.92 Å². The van der Waals surface area contributed by atoms with E-state index in [1.807, 2.05) is 42.5 Å². The average Bonchev–Trinajstić information content (AvgIpc) is 2.90. The Morgan fingerprint density at radius 1 is 0.914 bits per heavy atom. The maximum absolute atomic E-state index is 13.9. The Morgan fingerprint density at radius 3 is 2.17 bits per heavy atom. The number of carbonyl (C=O) groups is 1. The highest BCUT2D eigenvalue weighted by molar-refractivity contribution is 5.88. The highest BCUT2D eigenvalue weighted by Gasteiger charge is 2.54. The summed E-state index contributed by atoms with van der Waals surface area (Å²) in [5.41, 5.74) is -1.09. The van der Waals surface area contributed by atoms with E-state index in [2.05, 4.69) is 0 Å². The predicted octanol–water partition coefficient (Wildman–Crippen LogP) is 4.61. The molecule has 6 nitrogen and oxygen atoms in total. The molecule has 2 bridgehead atoms. The minimum absolute atomic E-state index is 0.305. The molecule has 4 heterocycles. The van der Waals surface area contributed by atoms with Crippen molar-refractivity contribution in [3.8, 4) is 17.2 Å².